The number of nitrogens with two attached hydrogens (primary N) is 1. The third-order valence-corrected chi connectivity index (χ3v) is 2.48. The molecule has 10 heavy (non-hydrogen) atoms. The van der Waals surface area contributed by atoms with Crippen molar-refractivity contribution < 1.29 is 0 Å². The van der Waals surface area contributed by atoms with Crippen molar-refractivity contribution in [2.75, 3.05) is 0 Å². The van der Waals surface area contributed by atoms with E-state index in [-0.39, 0.29) is 5.54 Å². The summed E-state index contributed by atoms with van der Waals surface area (Å²) in [7, 11) is 0. The monoisotopic (exact) mass is 141 g/mol. The van der Waals surface area contributed by atoms with Crippen LogP contribution >= 0.6 is 0 Å². The summed E-state index contributed by atoms with van der Waals surface area (Å²) >= 11 is 0. The lowest BCUT2D eigenvalue weighted by molar-refractivity contribution is 0.464. The van der Waals surface area contributed by atoms with Crippen molar-refractivity contribution in [1.29, 1.82) is 0 Å². The van der Waals surface area contributed by atoms with Crippen LogP contribution in [0.3, 0.4) is 0 Å². The predicted octanol–water partition coefficient (Wildman–Crippen LogP) is 2.47. The van der Waals surface area contributed by atoms with Gasteiger partial charge < -0.3 is 5.73 Å². The molecule has 0 heterocycles. The van der Waals surface area contributed by atoms with Crippen molar-refractivity contribution in [3.63, 3.8) is 0 Å². The summed E-state index contributed by atoms with van der Waals surface area (Å²) < 4.78 is 0. The molecular weight excluding hydrogens is 122 g/mol. The number of rotatable bonds is 3. The summed E-state index contributed by atoms with van der Waals surface area (Å²) in [6.07, 6.45) is 4.16. The van der Waals surface area contributed by atoms with E-state index < -0.39 is 0 Å². The van der Waals surface area contributed by atoms with Crippen molar-refractivity contribution in [2.24, 2.45) is 5.73 Å². The maximum Gasteiger partial charge on any atom is 0.0360 e. The lowest BCUT2D eigenvalue weighted by Gasteiger charge is -2.27. The van der Waals surface area contributed by atoms with Gasteiger partial charge in [0.1, 0.15) is 0 Å². The van der Waals surface area contributed by atoms with E-state index in [0.717, 1.165) is 12.8 Å². The van der Waals surface area contributed by atoms with E-state index in [1.165, 1.54) is 5.57 Å². The highest BCUT2D eigenvalue weighted by Crippen LogP contribution is 2.20. The number of hydrogen-bond donors (Lipinski definition) is 1. The van der Waals surface area contributed by atoms with E-state index in [0.29, 0.717) is 0 Å². The molecule has 0 aliphatic heterocycles. The van der Waals surface area contributed by atoms with Gasteiger partial charge in [0.15, 0.2) is 0 Å². The van der Waals surface area contributed by atoms with Gasteiger partial charge in [0, 0.05) is 5.54 Å². The number of hydrogen-bond acceptors (Lipinski definition) is 1. The fourth-order valence-corrected chi connectivity index (χ4v) is 1.10. The molecule has 0 saturated heterocycles. The minimum atomic E-state index is -0.0469. The molecule has 0 aromatic heterocycles. The largest absolute Gasteiger partial charge is 0.322 e. The highest BCUT2D eigenvalue weighted by molar-refractivity contribution is 5.15. The van der Waals surface area contributed by atoms with Crippen LogP contribution in [-0.2, 0) is 0 Å². The molecule has 0 aliphatic carbocycles. The van der Waals surface area contributed by atoms with Gasteiger partial charge in [0.2, 0.25) is 0 Å². The maximum absolute atomic E-state index is 6.08. The Hall–Kier alpha value is -0.300. The van der Waals surface area contributed by atoms with E-state index in [2.05, 4.69) is 26.8 Å². The first kappa shape index (κ1) is 9.70. The Balaban J connectivity index is 4.32. The first-order valence-electron chi connectivity index (χ1n) is 4.03. The van der Waals surface area contributed by atoms with Crippen LogP contribution in [0.4, 0.5) is 0 Å². The van der Waals surface area contributed by atoms with Crippen LogP contribution in [0.5, 0.6) is 0 Å². The standard InChI is InChI=1S/C9H19N/c1-5-8(4)9(10,6-2)7-3/h5H,6-7,10H2,1-4H3. The molecule has 0 radical (unpaired) electrons. The van der Waals surface area contributed by atoms with E-state index in [4.69, 9.17) is 5.73 Å². The Bertz CT molecular complexity index is 121. The second-order valence-corrected chi connectivity index (χ2v) is 2.83. The molecule has 0 aliphatic rings. The zero-order chi connectivity index (χ0) is 8.20. The summed E-state index contributed by atoms with van der Waals surface area (Å²) in [4.78, 5) is 0. The van der Waals surface area contributed by atoms with Crippen LogP contribution < -0.4 is 5.73 Å². The molecule has 1 heteroatoms. The van der Waals surface area contributed by atoms with Crippen molar-refractivity contribution in [1.82, 2.24) is 0 Å². The second kappa shape index (κ2) is 3.77. The molecular formula is C9H19N. The van der Waals surface area contributed by atoms with Crippen LogP contribution in [0.15, 0.2) is 11.6 Å². The zero-order valence-corrected chi connectivity index (χ0v) is 7.57. The molecule has 0 atom stereocenters. The highest BCUT2D eigenvalue weighted by Gasteiger charge is 2.20. The van der Waals surface area contributed by atoms with Gasteiger partial charge in [-0.3, -0.25) is 0 Å². The summed E-state index contributed by atoms with van der Waals surface area (Å²) in [5.41, 5.74) is 7.34. The Morgan fingerprint density at radius 2 is 1.80 bits per heavy atom. The Morgan fingerprint density at radius 3 is 1.90 bits per heavy atom. The number of allylic oxidation sites excluding steroid dienone is 1. The molecule has 2 N–H and O–H groups in total. The SMILES string of the molecule is CC=C(C)C(N)(CC)CC. The van der Waals surface area contributed by atoms with Crippen LogP contribution in [0.25, 0.3) is 0 Å². The van der Waals surface area contributed by atoms with Crippen LogP contribution in [0.1, 0.15) is 40.5 Å². The van der Waals surface area contributed by atoms with E-state index in [1.807, 2.05) is 6.92 Å². The first-order valence-corrected chi connectivity index (χ1v) is 4.03. The quantitative estimate of drug-likeness (QED) is 0.600. The average Bonchev–Trinajstić information content (AvgIpc) is 2.01. The van der Waals surface area contributed by atoms with E-state index >= 15 is 0 Å². The molecule has 0 fully saturated rings. The lowest BCUT2D eigenvalue weighted by atomic mass is 9.86. The van der Waals surface area contributed by atoms with Gasteiger partial charge >= 0.3 is 0 Å². The average molecular weight is 141 g/mol. The van der Waals surface area contributed by atoms with Gasteiger partial charge in [-0.2, -0.15) is 0 Å². The fraction of sp³-hybridized carbons (Fsp3) is 0.778. The van der Waals surface area contributed by atoms with E-state index in [9.17, 15) is 0 Å². The van der Waals surface area contributed by atoms with Gasteiger partial charge in [-0.15, -0.1) is 0 Å². The summed E-state index contributed by atoms with van der Waals surface area (Å²) in [5, 5.41) is 0. The van der Waals surface area contributed by atoms with Gasteiger partial charge in [-0.25, -0.2) is 0 Å². The molecule has 0 aromatic carbocycles. The van der Waals surface area contributed by atoms with Crippen LogP contribution in [0, 0.1) is 0 Å². The smallest absolute Gasteiger partial charge is 0.0360 e. The van der Waals surface area contributed by atoms with Gasteiger partial charge in [-0.1, -0.05) is 25.5 Å². The molecule has 0 unspecified atom stereocenters. The highest BCUT2D eigenvalue weighted by atomic mass is 14.7. The van der Waals surface area contributed by atoms with Crippen molar-refractivity contribution in [3.8, 4) is 0 Å². The molecule has 0 amide bonds. The van der Waals surface area contributed by atoms with Crippen LogP contribution in [-0.4, -0.2) is 5.54 Å². The molecule has 0 bridgehead atoms. The van der Waals surface area contributed by atoms with Crippen molar-refractivity contribution in [2.45, 2.75) is 46.1 Å². The topological polar surface area (TPSA) is 26.0 Å². The molecule has 0 saturated carbocycles. The first-order chi connectivity index (χ1) is 4.60. The van der Waals surface area contributed by atoms with Crippen molar-refractivity contribution in [3.05, 3.63) is 11.6 Å². The zero-order valence-electron chi connectivity index (χ0n) is 7.57. The molecule has 0 aromatic rings. The summed E-state index contributed by atoms with van der Waals surface area (Å²) in [5.74, 6) is 0. The van der Waals surface area contributed by atoms with Gasteiger partial charge in [0.25, 0.3) is 0 Å². The third kappa shape index (κ3) is 1.84. The fourth-order valence-electron chi connectivity index (χ4n) is 1.10. The Morgan fingerprint density at radius 1 is 1.40 bits per heavy atom. The molecule has 0 rings (SSSR count). The lowest BCUT2D eigenvalue weighted by Crippen LogP contribution is -2.39. The third-order valence-electron chi connectivity index (χ3n) is 2.48. The normalized spacial score (nSPS) is 13.9. The Kier molecular flexibility index (Phi) is 3.66. The second-order valence-electron chi connectivity index (χ2n) is 2.83. The molecule has 1 nitrogen and oxygen atoms in total. The minimum Gasteiger partial charge on any atom is -0.322 e. The van der Waals surface area contributed by atoms with Gasteiger partial charge in [-0.05, 0) is 26.7 Å². The summed E-state index contributed by atoms with van der Waals surface area (Å²) in [6.45, 7) is 8.42. The van der Waals surface area contributed by atoms with E-state index in [1.54, 1.807) is 0 Å². The minimum absolute atomic E-state index is 0.0469. The molecule has 0 spiro atoms. The summed E-state index contributed by atoms with van der Waals surface area (Å²) in [6, 6.07) is 0. The Labute approximate surface area is 64.3 Å². The van der Waals surface area contributed by atoms with Crippen molar-refractivity contribution >= 4 is 0 Å². The maximum atomic E-state index is 6.08. The van der Waals surface area contributed by atoms with Crippen LogP contribution in [0.2, 0.25) is 0 Å². The van der Waals surface area contributed by atoms with Gasteiger partial charge in [0.05, 0.1) is 0 Å². The molecule has 60 valence electrons. The predicted molar refractivity (Wildman–Crippen MR) is 46.9 cm³/mol.